The highest BCUT2D eigenvalue weighted by Gasteiger charge is 2.17. The van der Waals surface area contributed by atoms with Crippen molar-refractivity contribution in [3.8, 4) is 0 Å². The molecule has 1 aromatic rings. The average molecular weight is 300 g/mol. The topological polar surface area (TPSA) is 28.7 Å². The van der Waals surface area contributed by atoms with Gasteiger partial charge >= 0.3 is 0 Å². The molecule has 2 nitrogen and oxygen atoms in total. The Kier molecular flexibility index (Phi) is 9.27. The van der Waals surface area contributed by atoms with Crippen molar-refractivity contribution in [2.75, 3.05) is 0 Å². The molecule has 1 heterocycles. The molecule has 0 bridgehead atoms. The van der Waals surface area contributed by atoms with Gasteiger partial charge in [-0.05, 0) is 18.9 Å². The molecule has 0 radical (unpaired) electrons. The van der Waals surface area contributed by atoms with E-state index in [0.29, 0.717) is 5.92 Å². The maximum atomic E-state index is 12.7. The van der Waals surface area contributed by atoms with Crippen LogP contribution in [-0.4, -0.2) is 10.2 Å². The molecule has 0 unspecified atom stereocenters. The Morgan fingerprint density at radius 2 is 1.52 bits per heavy atom. The van der Waals surface area contributed by atoms with Crippen LogP contribution in [0.5, 0.6) is 0 Å². The molecule has 0 aliphatic heterocycles. The van der Waals surface area contributed by atoms with Gasteiger partial charge in [-0.15, -0.1) is 0 Å². The van der Waals surface area contributed by atoms with E-state index in [9.17, 15) is 8.78 Å². The zero-order valence-electron chi connectivity index (χ0n) is 13.5. The van der Waals surface area contributed by atoms with Crippen LogP contribution < -0.4 is 0 Å². The van der Waals surface area contributed by atoms with Gasteiger partial charge in [0.05, 0.1) is 5.69 Å². The van der Waals surface area contributed by atoms with Gasteiger partial charge < -0.3 is 0 Å². The number of unbranched alkanes of at least 4 members (excludes halogenated alkanes) is 6. The summed E-state index contributed by atoms with van der Waals surface area (Å²) in [4.78, 5) is 0. The number of aromatic nitrogens is 2. The third-order valence-electron chi connectivity index (χ3n) is 4.08. The smallest absolute Gasteiger partial charge is 0.276 e. The summed E-state index contributed by atoms with van der Waals surface area (Å²) in [5, 5.41) is 6.62. The first-order chi connectivity index (χ1) is 10.2. The number of hydrogen-bond donors (Lipinski definition) is 1. The Morgan fingerprint density at radius 3 is 1.95 bits per heavy atom. The van der Waals surface area contributed by atoms with Crippen LogP contribution in [0.25, 0.3) is 0 Å². The lowest BCUT2D eigenvalue weighted by Crippen LogP contribution is -2.00. The highest BCUT2D eigenvalue weighted by molar-refractivity contribution is 5.14. The summed E-state index contributed by atoms with van der Waals surface area (Å²) < 4.78 is 25.4. The van der Waals surface area contributed by atoms with E-state index < -0.39 is 6.43 Å². The summed E-state index contributed by atoms with van der Waals surface area (Å²) in [6.45, 7) is 4.40. The Balaban J connectivity index is 2.52. The molecule has 4 heteroatoms. The van der Waals surface area contributed by atoms with Crippen molar-refractivity contribution in [1.82, 2.24) is 10.2 Å². The lowest BCUT2D eigenvalue weighted by Gasteiger charge is -2.14. The molecular formula is C17H30F2N2. The number of nitrogens with one attached hydrogen (secondary N) is 1. The highest BCUT2D eigenvalue weighted by Crippen LogP contribution is 2.29. The van der Waals surface area contributed by atoms with Gasteiger partial charge in [0.15, 0.2) is 0 Å². The van der Waals surface area contributed by atoms with Crippen LogP contribution in [0.3, 0.4) is 0 Å². The van der Waals surface area contributed by atoms with Crippen molar-refractivity contribution >= 4 is 0 Å². The molecule has 0 saturated carbocycles. The van der Waals surface area contributed by atoms with E-state index in [1.54, 1.807) is 6.07 Å². The van der Waals surface area contributed by atoms with Gasteiger partial charge in [-0.2, -0.15) is 5.10 Å². The molecule has 0 aromatic carbocycles. The van der Waals surface area contributed by atoms with Crippen LogP contribution in [0.4, 0.5) is 8.78 Å². The molecular weight excluding hydrogens is 270 g/mol. The number of hydrogen-bond acceptors (Lipinski definition) is 1. The number of H-pyrrole nitrogens is 1. The highest BCUT2D eigenvalue weighted by atomic mass is 19.3. The van der Waals surface area contributed by atoms with E-state index >= 15 is 0 Å². The fourth-order valence-corrected chi connectivity index (χ4v) is 2.75. The molecule has 0 aliphatic rings. The molecule has 0 saturated heterocycles. The van der Waals surface area contributed by atoms with Crippen molar-refractivity contribution < 1.29 is 8.78 Å². The van der Waals surface area contributed by atoms with Gasteiger partial charge in [-0.1, -0.05) is 65.2 Å². The first-order valence-corrected chi connectivity index (χ1v) is 8.52. The second-order valence-corrected chi connectivity index (χ2v) is 5.94. The third kappa shape index (κ3) is 7.05. The largest absolute Gasteiger partial charge is 0.279 e. The first kappa shape index (κ1) is 18.1. The minimum Gasteiger partial charge on any atom is -0.276 e. The summed E-state index contributed by atoms with van der Waals surface area (Å²) in [6.07, 6.45) is 9.44. The van der Waals surface area contributed by atoms with Crippen LogP contribution in [0.1, 0.15) is 102 Å². The SMILES string of the molecule is CCCCCCC(CCCCCC)c1cc(C(F)F)[nH]n1. The van der Waals surface area contributed by atoms with Crippen molar-refractivity contribution in [3.05, 3.63) is 17.5 Å². The molecule has 21 heavy (non-hydrogen) atoms. The van der Waals surface area contributed by atoms with E-state index in [0.717, 1.165) is 18.5 Å². The molecule has 1 aromatic heterocycles. The van der Waals surface area contributed by atoms with Crippen molar-refractivity contribution in [3.63, 3.8) is 0 Å². The summed E-state index contributed by atoms with van der Waals surface area (Å²) >= 11 is 0. The molecule has 1 rings (SSSR count). The van der Waals surface area contributed by atoms with Gasteiger partial charge in [0.2, 0.25) is 0 Å². The maximum Gasteiger partial charge on any atom is 0.279 e. The number of nitrogens with zero attached hydrogens (tertiary/aromatic N) is 1. The molecule has 1 N–H and O–H groups in total. The van der Waals surface area contributed by atoms with E-state index in [4.69, 9.17) is 0 Å². The Morgan fingerprint density at radius 1 is 0.952 bits per heavy atom. The number of aromatic amines is 1. The zero-order valence-corrected chi connectivity index (χ0v) is 13.5. The zero-order chi connectivity index (χ0) is 15.5. The number of alkyl halides is 2. The number of rotatable bonds is 12. The monoisotopic (exact) mass is 300 g/mol. The fraction of sp³-hybridized carbons (Fsp3) is 0.824. The third-order valence-corrected chi connectivity index (χ3v) is 4.08. The summed E-state index contributed by atoms with van der Waals surface area (Å²) in [5.41, 5.74) is 0.787. The Hall–Kier alpha value is -0.930. The first-order valence-electron chi connectivity index (χ1n) is 8.52. The van der Waals surface area contributed by atoms with Gasteiger partial charge in [0, 0.05) is 5.92 Å². The van der Waals surface area contributed by atoms with E-state index in [1.165, 1.54) is 51.4 Å². The fourth-order valence-electron chi connectivity index (χ4n) is 2.75. The van der Waals surface area contributed by atoms with Crippen LogP contribution in [0.2, 0.25) is 0 Å². The summed E-state index contributed by atoms with van der Waals surface area (Å²) in [6, 6.07) is 1.56. The Bertz CT molecular complexity index is 351. The van der Waals surface area contributed by atoms with Crippen LogP contribution in [-0.2, 0) is 0 Å². The summed E-state index contributed by atoms with van der Waals surface area (Å²) in [7, 11) is 0. The molecule has 0 aliphatic carbocycles. The van der Waals surface area contributed by atoms with Crippen molar-refractivity contribution in [1.29, 1.82) is 0 Å². The van der Waals surface area contributed by atoms with Crippen LogP contribution >= 0.6 is 0 Å². The predicted molar refractivity (Wildman–Crippen MR) is 83.8 cm³/mol. The lowest BCUT2D eigenvalue weighted by molar-refractivity contribution is 0.146. The second kappa shape index (κ2) is 10.7. The molecule has 0 fully saturated rings. The molecule has 0 amide bonds. The van der Waals surface area contributed by atoms with Crippen molar-refractivity contribution in [2.45, 2.75) is 90.4 Å². The average Bonchev–Trinajstić information content (AvgIpc) is 2.95. The molecule has 0 spiro atoms. The van der Waals surface area contributed by atoms with Crippen LogP contribution in [0, 0.1) is 0 Å². The van der Waals surface area contributed by atoms with Gasteiger partial charge in [-0.25, -0.2) is 8.78 Å². The van der Waals surface area contributed by atoms with Gasteiger partial charge in [0.25, 0.3) is 6.43 Å². The van der Waals surface area contributed by atoms with Gasteiger partial charge in [-0.3, -0.25) is 5.10 Å². The van der Waals surface area contributed by atoms with Crippen LogP contribution in [0.15, 0.2) is 6.07 Å². The standard InChI is InChI=1S/C17H30F2N2/c1-3-5-7-9-11-14(12-10-8-6-4-2)15-13-16(17(18)19)21-20-15/h13-14,17H,3-12H2,1-2H3,(H,20,21). The van der Waals surface area contributed by atoms with E-state index in [-0.39, 0.29) is 5.69 Å². The van der Waals surface area contributed by atoms with E-state index in [2.05, 4.69) is 24.0 Å². The molecule has 0 atom stereocenters. The minimum absolute atomic E-state index is 0.0443. The molecule has 122 valence electrons. The maximum absolute atomic E-state index is 12.7. The quantitative estimate of drug-likeness (QED) is 0.446. The summed E-state index contributed by atoms with van der Waals surface area (Å²) in [5.74, 6) is 0.336. The van der Waals surface area contributed by atoms with Gasteiger partial charge in [0.1, 0.15) is 5.69 Å². The number of halogens is 2. The van der Waals surface area contributed by atoms with Crippen molar-refractivity contribution in [2.24, 2.45) is 0 Å². The van der Waals surface area contributed by atoms with E-state index in [1.807, 2.05) is 0 Å². The Labute approximate surface area is 127 Å². The minimum atomic E-state index is -2.45. The normalized spacial score (nSPS) is 11.7. The predicted octanol–water partition coefficient (Wildman–Crippen LogP) is 6.37. The second-order valence-electron chi connectivity index (χ2n) is 5.94. The lowest BCUT2D eigenvalue weighted by atomic mass is 9.91.